The molecule has 4 nitrogen and oxygen atoms in total. The van der Waals surface area contributed by atoms with Crippen molar-refractivity contribution in [3.05, 3.63) is 28.2 Å². The van der Waals surface area contributed by atoms with Crippen LogP contribution in [0.2, 0.25) is 10.0 Å². The molecule has 126 valence electrons. The Hall–Kier alpha value is -1.26. The third kappa shape index (κ3) is 5.11. The number of carbonyl (C=O) groups excluding carboxylic acids is 2. The number of unbranched alkanes of at least 4 members (excludes halogenated alkanes) is 1. The molecule has 0 saturated carbocycles. The number of rotatable bonds is 5. The minimum Gasteiger partial charge on any atom is -0.343 e. The van der Waals surface area contributed by atoms with E-state index in [1.54, 1.807) is 18.2 Å². The predicted octanol–water partition coefficient (Wildman–Crippen LogP) is 4.36. The Balaban J connectivity index is 1.83. The standard InChI is InChI=1S/C17H22Cl2N2O2/c1-2-3-4-16(22)21-9-7-12(8-10-21)17(23)20-13-5-6-14(18)15(19)11-13/h5-6,11-12H,2-4,7-10H2,1H3,(H,20,23). The van der Waals surface area contributed by atoms with Crippen LogP contribution in [-0.2, 0) is 9.59 Å². The van der Waals surface area contributed by atoms with Crippen LogP contribution >= 0.6 is 23.2 Å². The van der Waals surface area contributed by atoms with Gasteiger partial charge in [-0.1, -0.05) is 36.5 Å². The van der Waals surface area contributed by atoms with Gasteiger partial charge in [0.05, 0.1) is 10.0 Å². The number of benzene rings is 1. The Labute approximate surface area is 147 Å². The maximum atomic E-state index is 12.3. The molecule has 0 atom stereocenters. The molecule has 2 rings (SSSR count). The first-order chi connectivity index (χ1) is 11.0. The van der Waals surface area contributed by atoms with Crippen LogP contribution in [-0.4, -0.2) is 29.8 Å². The van der Waals surface area contributed by atoms with Crippen LogP contribution in [0.3, 0.4) is 0 Å². The van der Waals surface area contributed by atoms with Crippen LogP contribution in [0, 0.1) is 5.92 Å². The lowest BCUT2D eigenvalue weighted by Crippen LogP contribution is -2.41. The van der Waals surface area contributed by atoms with E-state index in [1.807, 2.05) is 4.90 Å². The van der Waals surface area contributed by atoms with Crippen LogP contribution in [0.1, 0.15) is 39.0 Å². The molecule has 1 N–H and O–H groups in total. The molecule has 1 heterocycles. The van der Waals surface area contributed by atoms with E-state index in [1.165, 1.54) is 0 Å². The number of piperidine rings is 1. The highest BCUT2D eigenvalue weighted by atomic mass is 35.5. The number of anilines is 1. The van der Waals surface area contributed by atoms with Crippen LogP contribution < -0.4 is 5.32 Å². The highest BCUT2D eigenvalue weighted by Crippen LogP contribution is 2.26. The van der Waals surface area contributed by atoms with E-state index in [2.05, 4.69) is 12.2 Å². The first-order valence-electron chi connectivity index (χ1n) is 8.05. The van der Waals surface area contributed by atoms with Gasteiger partial charge in [0.2, 0.25) is 11.8 Å². The molecule has 1 aliphatic heterocycles. The van der Waals surface area contributed by atoms with Crippen molar-refractivity contribution in [1.82, 2.24) is 4.90 Å². The van der Waals surface area contributed by atoms with E-state index in [0.29, 0.717) is 48.1 Å². The summed E-state index contributed by atoms with van der Waals surface area (Å²) in [6.45, 7) is 3.39. The Kier molecular flexibility index (Phi) is 6.72. The van der Waals surface area contributed by atoms with E-state index in [9.17, 15) is 9.59 Å². The van der Waals surface area contributed by atoms with Crippen LogP contribution in [0.15, 0.2) is 18.2 Å². The van der Waals surface area contributed by atoms with Crippen LogP contribution in [0.4, 0.5) is 5.69 Å². The molecule has 23 heavy (non-hydrogen) atoms. The topological polar surface area (TPSA) is 49.4 Å². The smallest absolute Gasteiger partial charge is 0.227 e. The van der Waals surface area contributed by atoms with Crippen molar-refractivity contribution in [2.45, 2.75) is 39.0 Å². The van der Waals surface area contributed by atoms with E-state index in [0.717, 1.165) is 12.8 Å². The molecule has 0 spiro atoms. The fraction of sp³-hybridized carbons (Fsp3) is 0.529. The molecule has 2 amide bonds. The molecule has 1 fully saturated rings. The molecule has 0 radical (unpaired) electrons. The largest absolute Gasteiger partial charge is 0.343 e. The van der Waals surface area contributed by atoms with Gasteiger partial charge in [-0.2, -0.15) is 0 Å². The molecular formula is C17H22Cl2N2O2. The minimum absolute atomic E-state index is 0.0240. The zero-order chi connectivity index (χ0) is 16.8. The van der Waals surface area contributed by atoms with Crippen molar-refractivity contribution in [1.29, 1.82) is 0 Å². The second-order valence-corrected chi connectivity index (χ2v) is 6.69. The number of halogens is 2. The van der Waals surface area contributed by atoms with Gasteiger partial charge in [-0.15, -0.1) is 0 Å². The fourth-order valence-electron chi connectivity index (χ4n) is 2.70. The van der Waals surface area contributed by atoms with Crippen LogP contribution in [0.5, 0.6) is 0 Å². The average molecular weight is 357 g/mol. The fourth-order valence-corrected chi connectivity index (χ4v) is 2.99. The molecule has 1 aliphatic rings. The Morgan fingerprint density at radius 3 is 2.52 bits per heavy atom. The predicted molar refractivity (Wildman–Crippen MR) is 93.9 cm³/mol. The number of amides is 2. The van der Waals surface area contributed by atoms with Crippen molar-refractivity contribution in [3.63, 3.8) is 0 Å². The zero-order valence-corrected chi connectivity index (χ0v) is 14.8. The number of likely N-dealkylation sites (tertiary alicyclic amines) is 1. The summed E-state index contributed by atoms with van der Waals surface area (Å²) in [5, 5.41) is 3.75. The monoisotopic (exact) mass is 356 g/mol. The van der Waals surface area contributed by atoms with Gasteiger partial charge < -0.3 is 10.2 Å². The summed E-state index contributed by atoms with van der Waals surface area (Å²) in [6.07, 6.45) is 3.96. The van der Waals surface area contributed by atoms with Crippen molar-refractivity contribution in [3.8, 4) is 0 Å². The van der Waals surface area contributed by atoms with Crippen molar-refractivity contribution < 1.29 is 9.59 Å². The first-order valence-corrected chi connectivity index (χ1v) is 8.80. The maximum absolute atomic E-state index is 12.3. The van der Waals surface area contributed by atoms with E-state index in [4.69, 9.17) is 23.2 Å². The molecule has 0 aromatic heterocycles. The van der Waals surface area contributed by atoms with Gasteiger partial charge in [0.25, 0.3) is 0 Å². The lowest BCUT2D eigenvalue weighted by Gasteiger charge is -2.31. The zero-order valence-electron chi connectivity index (χ0n) is 13.3. The highest BCUT2D eigenvalue weighted by molar-refractivity contribution is 6.42. The molecule has 6 heteroatoms. The summed E-state index contributed by atoms with van der Waals surface area (Å²) >= 11 is 11.8. The Morgan fingerprint density at radius 1 is 1.22 bits per heavy atom. The van der Waals surface area contributed by atoms with Crippen molar-refractivity contribution >= 4 is 40.7 Å². The number of hydrogen-bond acceptors (Lipinski definition) is 2. The Morgan fingerprint density at radius 2 is 1.91 bits per heavy atom. The summed E-state index contributed by atoms with van der Waals surface area (Å²) in [6, 6.07) is 5.04. The number of carbonyl (C=O) groups is 2. The van der Waals surface area contributed by atoms with Crippen molar-refractivity contribution in [2.24, 2.45) is 5.92 Å². The third-order valence-corrected chi connectivity index (χ3v) is 4.89. The number of nitrogens with one attached hydrogen (secondary N) is 1. The summed E-state index contributed by atoms with van der Waals surface area (Å²) < 4.78 is 0. The summed E-state index contributed by atoms with van der Waals surface area (Å²) in [7, 11) is 0. The second-order valence-electron chi connectivity index (χ2n) is 5.88. The SMILES string of the molecule is CCCCC(=O)N1CCC(C(=O)Nc2ccc(Cl)c(Cl)c2)CC1. The lowest BCUT2D eigenvalue weighted by molar-refractivity contribution is -0.134. The molecule has 0 unspecified atom stereocenters. The van der Waals surface area contributed by atoms with E-state index in [-0.39, 0.29) is 17.7 Å². The Bertz CT molecular complexity index is 570. The lowest BCUT2D eigenvalue weighted by atomic mass is 9.95. The van der Waals surface area contributed by atoms with Gasteiger partial charge >= 0.3 is 0 Å². The normalized spacial score (nSPS) is 15.5. The summed E-state index contributed by atoms with van der Waals surface area (Å²) in [5.74, 6) is 0.110. The molecule has 1 aromatic rings. The molecular weight excluding hydrogens is 335 g/mol. The van der Waals surface area contributed by atoms with Gasteiger partial charge in [-0.25, -0.2) is 0 Å². The van der Waals surface area contributed by atoms with Gasteiger partial charge in [0.1, 0.15) is 0 Å². The van der Waals surface area contributed by atoms with Gasteiger partial charge in [0.15, 0.2) is 0 Å². The first kappa shape index (κ1) is 18.1. The number of hydrogen-bond donors (Lipinski definition) is 1. The third-order valence-electron chi connectivity index (χ3n) is 4.15. The molecule has 1 saturated heterocycles. The quantitative estimate of drug-likeness (QED) is 0.851. The van der Waals surface area contributed by atoms with E-state index < -0.39 is 0 Å². The van der Waals surface area contributed by atoms with Gasteiger partial charge in [0, 0.05) is 31.1 Å². The van der Waals surface area contributed by atoms with Gasteiger partial charge in [-0.3, -0.25) is 9.59 Å². The number of nitrogens with zero attached hydrogens (tertiary/aromatic N) is 1. The molecule has 0 bridgehead atoms. The average Bonchev–Trinajstić information content (AvgIpc) is 2.56. The maximum Gasteiger partial charge on any atom is 0.227 e. The summed E-state index contributed by atoms with van der Waals surface area (Å²) in [5.41, 5.74) is 0.644. The highest BCUT2D eigenvalue weighted by Gasteiger charge is 2.27. The van der Waals surface area contributed by atoms with E-state index >= 15 is 0 Å². The molecule has 1 aromatic carbocycles. The molecule has 0 aliphatic carbocycles. The summed E-state index contributed by atoms with van der Waals surface area (Å²) in [4.78, 5) is 26.2. The second kappa shape index (κ2) is 8.55. The van der Waals surface area contributed by atoms with Crippen LogP contribution in [0.25, 0.3) is 0 Å². The van der Waals surface area contributed by atoms with Gasteiger partial charge in [-0.05, 0) is 37.5 Å². The minimum atomic E-state index is -0.0697. The van der Waals surface area contributed by atoms with Crippen molar-refractivity contribution in [2.75, 3.05) is 18.4 Å².